The molecule has 1 unspecified atom stereocenters. The van der Waals surface area contributed by atoms with E-state index in [-0.39, 0.29) is 11.5 Å². The Labute approximate surface area is 149 Å². The Hall–Kier alpha value is -1.94. The average molecular weight is 343 g/mol. The molecule has 24 heavy (non-hydrogen) atoms. The second kappa shape index (κ2) is 9.38. The summed E-state index contributed by atoms with van der Waals surface area (Å²) in [4.78, 5) is 15.6. The average Bonchev–Trinajstić information content (AvgIpc) is 2.60. The van der Waals surface area contributed by atoms with Gasteiger partial charge in [0.05, 0.1) is 18.5 Å². The zero-order valence-corrected chi connectivity index (χ0v) is 15.3. The maximum Gasteiger partial charge on any atom is 0.410 e. The van der Waals surface area contributed by atoms with Crippen LogP contribution in [0.15, 0.2) is 65.6 Å². The molecule has 0 aliphatic rings. The van der Waals surface area contributed by atoms with Crippen LogP contribution >= 0.6 is 11.8 Å². The second-order valence-corrected chi connectivity index (χ2v) is 7.07. The molecule has 0 fully saturated rings. The third-order valence-electron chi connectivity index (χ3n) is 3.58. The first-order valence-corrected chi connectivity index (χ1v) is 9.18. The van der Waals surface area contributed by atoms with Crippen molar-refractivity contribution in [2.75, 3.05) is 6.61 Å². The Bertz CT molecular complexity index is 616. The first-order chi connectivity index (χ1) is 11.6. The zero-order valence-electron chi connectivity index (χ0n) is 14.5. The SMILES string of the molecule is CCOC(=O)N(Cc1ccccc1)C(Sc1ccccc1)C(C)C. The fourth-order valence-corrected chi connectivity index (χ4v) is 3.60. The molecule has 2 rings (SSSR count). The molecule has 0 saturated carbocycles. The van der Waals surface area contributed by atoms with E-state index in [2.05, 4.69) is 26.0 Å². The molecule has 2 aromatic rings. The quantitative estimate of drug-likeness (QED) is 0.496. The largest absolute Gasteiger partial charge is 0.450 e. The van der Waals surface area contributed by atoms with E-state index in [9.17, 15) is 4.79 Å². The molecule has 1 amide bonds. The number of rotatable bonds is 7. The van der Waals surface area contributed by atoms with Crippen LogP contribution in [0.5, 0.6) is 0 Å². The van der Waals surface area contributed by atoms with E-state index >= 15 is 0 Å². The molecule has 3 nitrogen and oxygen atoms in total. The van der Waals surface area contributed by atoms with Gasteiger partial charge in [-0.15, -0.1) is 11.8 Å². The van der Waals surface area contributed by atoms with Gasteiger partial charge in [-0.1, -0.05) is 62.4 Å². The summed E-state index contributed by atoms with van der Waals surface area (Å²) in [5, 5.41) is 0.00616. The molecule has 0 bridgehead atoms. The van der Waals surface area contributed by atoms with Crippen molar-refractivity contribution in [1.29, 1.82) is 0 Å². The molecule has 1 atom stereocenters. The molecule has 0 heterocycles. The van der Waals surface area contributed by atoms with Crippen LogP contribution in [0.3, 0.4) is 0 Å². The fraction of sp³-hybridized carbons (Fsp3) is 0.350. The summed E-state index contributed by atoms with van der Waals surface area (Å²) in [5.41, 5.74) is 1.10. The van der Waals surface area contributed by atoms with Crippen LogP contribution in [0, 0.1) is 5.92 Å². The van der Waals surface area contributed by atoms with E-state index in [4.69, 9.17) is 4.74 Å². The number of nitrogens with zero attached hydrogens (tertiary/aromatic N) is 1. The maximum absolute atomic E-state index is 12.6. The normalized spacial score (nSPS) is 12.0. The molecule has 128 valence electrons. The van der Waals surface area contributed by atoms with E-state index in [1.54, 1.807) is 11.8 Å². The first-order valence-electron chi connectivity index (χ1n) is 8.30. The first kappa shape index (κ1) is 18.4. The van der Waals surface area contributed by atoms with Crippen molar-refractivity contribution in [3.63, 3.8) is 0 Å². The van der Waals surface area contributed by atoms with Gasteiger partial charge >= 0.3 is 6.09 Å². The number of thioether (sulfide) groups is 1. The lowest BCUT2D eigenvalue weighted by Crippen LogP contribution is -2.41. The lowest BCUT2D eigenvalue weighted by Gasteiger charge is -2.33. The van der Waals surface area contributed by atoms with Crippen LogP contribution in [-0.4, -0.2) is 23.0 Å². The van der Waals surface area contributed by atoms with Crippen molar-refractivity contribution in [3.8, 4) is 0 Å². The number of hydrogen-bond donors (Lipinski definition) is 0. The van der Waals surface area contributed by atoms with E-state index in [0.717, 1.165) is 10.5 Å². The van der Waals surface area contributed by atoms with Gasteiger partial charge in [-0.25, -0.2) is 4.79 Å². The topological polar surface area (TPSA) is 29.5 Å². The van der Waals surface area contributed by atoms with Gasteiger partial charge in [0.2, 0.25) is 0 Å². The number of hydrogen-bond acceptors (Lipinski definition) is 3. The van der Waals surface area contributed by atoms with Gasteiger partial charge in [-0.05, 0) is 30.5 Å². The number of carbonyl (C=O) groups excluding carboxylic acids is 1. The summed E-state index contributed by atoms with van der Waals surface area (Å²) >= 11 is 1.70. The van der Waals surface area contributed by atoms with Gasteiger partial charge < -0.3 is 4.74 Å². The lowest BCUT2D eigenvalue weighted by molar-refractivity contribution is 0.0938. The van der Waals surface area contributed by atoms with Gasteiger partial charge in [0, 0.05) is 4.90 Å². The summed E-state index contributed by atoms with van der Waals surface area (Å²) in [7, 11) is 0. The molecule has 0 saturated heterocycles. The van der Waals surface area contributed by atoms with Crippen LogP contribution in [0.2, 0.25) is 0 Å². The Kier molecular flexibility index (Phi) is 7.19. The smallest absolute Gasteiger partial charge is 0.410 e. The Morgan fingerprint density at radius 3 is 2.17 bits per heavy atom. The number of amides is 1. The predicted octanol–water partition coefficient (Wildman–Crippen LogP) is 5.42. The highest BCUT2D eigenvalue weighted by molar-refractivity contribution is 8.00. The van der Waals surface area contributed by atoms with Gasteiger partial charge in [0.15, 0.2) is 0 Å². The van der Waals surface area contributed by atoms with E-state index < -0.39 is 0 Å². The minimum atomic E-state index is -0.261. The summed E-state index contributed by atoms with van der Waals surface area (Å²) < 4.78 is 5.32. The van der Waals surface area contributed by atoms with Gasteiger partial charge in [-0.2, -0.15) is 0 Å². The van der Waals surface area contributed by atoms with Crippen molar-refractivity contribution in [3.05, 3.63) is 66.2 Å². The molecule has 2 aromatic carbocycles. The number of carbonyl (C=O) groups is 1. The van der Waals surface area contributed by atoms with Gasteiger partial charge in [-0.3, -0.25) is 4.90 Å². The third kappa shape index (κ3) is 5.31. The van der Waals surface area contributed by atoms with Crippen molar-refractivity contribution in [1.82, 2.24) is 4.90 Å². The van der Waals surface area contributed by atoms with Crippen LogP contribution < -0.4 is 0 Å². The number of benzene rings is 2. The molecule has 4 heteroatoms. The summed E-state index contributed by atoms with van der Waals surface area (Å²) in [5.74, 6) is 0.295. The van der Waals surface area contributed by atoms with Crippen LogP contribution in [-0.2, 0) is 11.3 Å². The highest BCUT2D eigenvalue weighted by Gasteiger charge is 2.28. The third-order valence-corrected chi connectivity index (χ3v) is 5.16. The van der Waals surface area contributed by atoms with Crippen LogP contribution in [0.4, 0.5) is 4.79 Å². The van der Waals surface area contributed by atoms with E-state index in [1.165, 1.54) is 0 Å². The van der Waals surface area contributed by atoms with E-state index in [0.29, 0.717) is 19.1 Å². The molecule has 0 aromatic heterocycles. The summed E-state index contributed by atoms with van der Waals surface area (Å²) in [6.07, 6.45) is -0.261. The molecule has 0 aliphatic carbocycles. The van der Waals surface area contributed by atoms with Crippen molar-refractivity contribution in [2.24, 2.45) is 5.92 Å². The standard InChI is InChI=1S/C20H25NO2S/c1-4-23-20(22)21(15-17-11-7-5-8-12-17)19(16(2)3)24-18-13-9-6-10-14-18/h5-14,16,19H,4,15H2,1-3H3. The van der Waals surface area contributed by atoms with Crippen LogP contribution in [0.25, 0.3) is 0 Å². The molecular weight excluding hydrogens is 318 g/mol. The Balaban J connectivity index is 2.25. The Morgan fingerprint density at radius 2 is 1.62 bits per heavy atom. The molecule has 0 radical (unpaired) electrons. The zero-order chi connectivity index (χ0) is 17.4. The number of ether oxygens (including phenoxy) is 1. The molecule has 0 aliphatic heterocycles. The lowest BCUT2D eigenvalue weighted by atomic mass is 10.1. The van der Waals surface area contributed by atoms with Crippen molar-refractivity contribution < 1.29 is 9.53 Å². The second-order valence-electron chi connectivity index (χ2n) is 5.88. The maximum atomic E-state index is 12.6. The Morgan fingerprint density at radius 1 is 1.04 bits per heavy atom. The summed E-state index contributed by atoms with van der Waals surface area (Å²) in [6, 6.07) is 20.2. The molecule has 0 N–H and O–H groups in total. The highest BCUT2D eigenvalue weighted by atomic mass is 32.2. The fourth-order valence-electron chi connectivity index (χ4n) is 2.44. The van der Waals surface area contributed by atoms with Gasteiger partial charge in [0.25, 0.3) is 0 Å². The molecule has 0 spiro atoms. The summed E-state index contributed by atoms with van der Waals surface area (Å²) in [6.45, 7) is 7.04. The van der Waals surface area contributed by atoms with Crippen LogP contribution in [0.1, 0.15) is 26.3 Å². The highest BCUT2D eigenvalue weighted by Crippen LogP contribution is 2.32. The minimum absolute atomic E-state index is 0.00616. The van der Waals surface area contributed by atoms with Crippen molar-refractivity contribution in [2.45, 2.75) is 37.6 Å². The van der Waals surface area contributed by atoms with Crippen molar-refractivity contribution >= 4 is 17.9 Å². The predicted molar refractivity (Wildman–Crippen MR) is 99.9 cm³/mol. The monoisotopic (exact) mass is 343 g/mol. The van der Waals surface area contributed by atoms with Gasteiger partial charge in [0.1, 0.15) is 0 Å². The van der Waals surface area contributed by atoms with E-state index in [1.807, 2.05) is 60.4 Å². The molecular formula is C20H25NO2S. The minimum Gasteiger partial charge on any atom is -0.450 e.